The van der Waals surface area contributed by atoms with Crippen molar-refractivity contribution in [3.63, 3.8) is 0 Å². The fourth-order valence-corrected chi connectivity index (χ4v) is 2.33. The number of nitrogens with zero attached hydrogens (tertiary/aromatic N) is 1. The van der Waals surface area contributed by atoms with E-state index in [4.69, 9.17) is 5.73 Å². The third kappa shape index (κ3) is 2.66. The highest BCUT2D eigenvalue weighted by Crippen LogP contribution is 2.26. The molecule has 1 aromatic rings. The van der Waals surface area contributed by atoms with E-state index < -0.39 is 5.54 Å². The lowest BCUT2D eigenvalue weighted by Gasteiger charge is -2.32. The van der Waals surface area contributed by atoms with E-state index in [2.05, 4.69) is 15.3 Å². The maximum Gasteiger partial charge on any atom is 0.240 e. The minimum absolute atomic E-state index is 0.0545. The van der Waals surface area contributed by atoms with Gasteiger partial charge in [0.05, 0.1) is 11.6 Å². The van der Waals surface area contributed by atoms with Crippen LogP contribution in [-0.2, 0) is 4.79 Å². The summed E-state index contributed by atoms with van der Waals surface area (Å²) >= 11 is 0. The van der Waals surface area contributed by atoms with Crippen LogP contribution in [0.5, 0.6) is 0 Å². The Morgan fingerprint density at radius 3 is 2.82 bits per heavy atom. The van der Waals surface area contributed by atoms with Crippen LogP contribution < -0.4 is 11.1 Å². The minimum Gasteiger partial charge on any atom is -0.347 e. The summed E-state index contributed by atoms with van der Waals surface area (Å²) in [6, 6.07) is -0.125. The molecule has 94 valence electrons. The van der Waals surface area contributed by atoms with Gasteiger partial charge in [0.15, 0.2) is 0 Å². The number of aromatic nitrogens is 2. The van der Waals surface area contributed by atoms with Crippen LogP contribution >= 0.6 is 0 Å². The topological polar surface area (TPSA) is 83.8 Å². The molecule has 1 amide bonds. The lowest BCUT2D eigenvalue weighted by atomic mass is 9.82. The molecule has 1 aliphatic rings. The molecule has 1 atom stereocenters. The van der Waals surface area contributed by atoms with E-state index in [9.17, 15) is 4.79 Å². The van der Waals surface area contributed by atoms with Gasteiger partial charge < -0.3 is 16.0 Å². The molecule has 0 aliphatic heterocycles. The molecule has 2 rings (SSSR count). The van der Waals surface area contributed by atoms with Crippen LogP contribution in [0, 0.1) is 0 Å². The van der Waals surface area contributed by atoms with Gasteiger partial charge in [0, 0.05) is 12.4 Å². The Kier molecular flexibility index (Phi) is 3.47. The van der Waals surface area contributed by atoms with Crippen molar-refractivity contribution in [2.75, 3.05) is 0 Å². The number of carbonyl (C=O) groups excluding carboxylic acids is 1. The maximum atomic E-state index is 12.1. The maximum absolute atomic E-state index is 12.1. The van der Waals surface area contributed by atoms with Crippen LogP contribution in [0.15, 0.2) is 12.4 Å². The van der Waals surface area contributed by atoms with Crippen LogP contribution in [0.1, 0.15) is 50.9 Å². The monoisotopic (exact) mass is 236 g/mol. The first kappa shape index (κ1) is 12.1. The van der Waals surface area contributed by atoms with Gasteiger partial charge in [0.1, 0.15) is 5.82 Å². The van der Waals surface area contributed by atoms with Crippen LogP contribution in [0.3, 0.4) is 0 Å². The number of aromatic amines is 1. The van der Waals surface area contributed by atoms with Gasteiger partial charge >= 0.3 is 0 Å². The third-order valence-corrected chi connectivity index (χ3v) is 3.48. The molecule has 1 heterocycles. The highest BCUT2D eigenvalue weighted by atomic mass is 16.2. The molecule has 0 radical (unpaired) electrons. The normalized spacial score (nSPS) is 20.8. The quantitative estimate of drug-likeness (QED) is 0.738. The summed E-state index contributed by atoms with van der Waals surface area (Å²) in [7, 11) is 0. The second-order valence-electron chi connectivity index (χ2n) is 4.89. The minimum atomic E-state index is -0.681. The van der Waals surface area contributed by atoms with Crippen LogP contribution in [0.2, 0.25) is 0 Å². The van der Waals surface area contributed by atoms with Crippen LogP contribution in [-0.4, -0.2) is 21.4 Å². The summed E-state index contributed by atoms with van der Waals surface area (Å²) in [4.78, 5) is 19.3. The summed E-state index contributed by atoms with van der Waals surface area (Å²) in [5.41, 5.74) is 5.48. The molecule has 0 spiro atoms. The predicted molar refractivity (Wildman–Crippen MR) is 65.1 cm³/mol. The van der Waals surface area contributed by atoms with Gasteiger partial charge in [-0.05, 0) is 19.8 Å². The number of nitrogens with two attached hydrogens (primary N) is 1. The molecular formula is C12H20N4O. The first-order valence-corrected chi connectivity index (χ1v) is 6.21. The molecule has 5 heteroatoms. The van der Waals surface area contributed by atoms with Gasteiger partial charge in [-0.25, -0.2) is 4.98 Å². The number of carbonyl (C=O) groups is 1. The molecule has 0 saturated heterocycles. The van der Waals surface area contributed by atoms with Crippen LogP contribution in [0.4, 0.5) is 0 Å². The Morgan fingerprint density at radius 2 is 2.24 bits per heavy atom. The number of amides is 1. The van der Waals surface area contributed by atoms with Crippen molar-refractivity contribution in [1.29, 1.82) is 0 Å². The largest absolute Gasteiger partial charge is 0.347 e. The molecular weight excluding hydrogens is 216 g/mol. The van der Waals surface area contributed by atoms with Crippen molar-refractivity contribution in [1.82, 2.24) is 15.3 Å². The van der Waals surface area contributed by atoms with Gasteiger partial charge in [-0.15, -0.1) is 0 Å². The van der Waals surface area contributed by atoms with E-state index in [1.165, 1.54) is 6.42 Å². The van der Waals surface area contributed by atoms with Crippen molar-refractivity contribution in [2.45, 2.75) is 50.6 Å². The Hall–Kier alpha value is -1.36. The van der Waals surface area contributed by atoms with Gasteiger partial charge in [0.2, 0.25) is 5.91 Å². The molecule has 4 N–H and O–H groups in total. The van der Waals surface area contributed by atoms with Crippen molar-refractivity contribution in [3.05, 3.63) is 18.2 Å². The van der Waals surface area contributed by atoms with E-state index in [1.807, 2.05) is 6.92 Å². The van der Waals surface area contributed by atoms with E-state index in [0.29, 0.717) is 0 Å². The predicted octanol–water partition coefficient (Wildman–Crippen LogP) is 1.25. The fourth-order valence-electron chi connectivity index (χ4n) is 2.33. The molecule has 5 nitrogen and oxygen atoms in total. The van der Waals surface area contributed by atoms with Crippen molar-refractivity contribution in [3.8, 4) is 0 Å². The number of H-pyrrole nitrogens is 1. The number of imidazole rings is 1. The van der Waals surface area contributed by atoms with E-state index >= 15 is 0 Å². The second kappa shape index (κ2) is 4.87. The summed E-state index contributed by atoms with van der Waals surface area (Å²) in [5.74, 6) is 0.707. The Morgan fingerprint density at radius 1 is 1.53 bits per heavy atom. The highest BCUT2D eigenvalue weighted by Gasteiger charge is 2.35. The standard InChI is InChI=1S/C12H20N4O/c1-9(10-14-7-8-15-10)16-11(17)12(13)5-3-2-4-6-12/h7-9H,2-6,13H2,1H3,(H,14,15)(H,16,17). The third-order valence-electron chi connectivity index (χ3n) is 3.48. The fraction of sp³-hybridized carbons (Fsp3) is 0.667. The lowest BCUT2D eigenvalue weighted by Crippen LogP contribution is -2.55. The first-order valence-electron chi connectivity index (χ1n) is 6.21. The average molecular weight is 236 g/mol. The van der Waals surface area contributed by atoms with E-state index in [-0.39, 0.29) is 11.9 Å². The summed E-state index contributed by atoms with van der Waals surface area (Å²) in [6.07, 6.45) is 8.25. The molecule has 1 saturated carbocycles. The molecule has 0 aromatic carbocycles. The molecule has 17 heavy (non-hydrogen) atoms. The van der Waals surface area contributed by atoms with Gasteiger partial charge in [-0.1, -0.05) is 19.3 Å². The zero-order valence-corrected chi connectivity index (χ0v) is 10.2. The second-order valence-corrected chi connectivity index (χ2v) is 4.89. The zero-order chi connectivity index (χ0) is 12.3. The van der Waals surface area contributed by atoms with Crippen molar-refractivity contribution < 1.29 is 4.79 Å². The Bertz CT molecular complexity index is 368. The van der Waals surface area contributed by atoms with Gasteiger partial charge in [0.25, 0.3) is 0 Å². The van der Waals surface area contributed by atoms with Crippen LogP contribution in [0.25, 0.3) is 0 Å². The molecule has 1 aromatic heterocycles. The molecule has 1 unspecified atom stereocenters. The lowest BCUT2D eigenvalue weighted by molar-refractivity contribution is -0.128. The summed E-state index contributed by atoms with van der Waals surface area (Å²) in [6.45, 7) is 1.91. The van der Waals surface area contributed by atoms with Gasteiger partial charge in [-0.2, -0.15) is 0 Å². The van der Waals surface area contributed by atoms with Crippen molar-refractivity contribution in [2.24, 2.45) is 5.73 Å². The molecule has 1 fully saturated rings. The van der Waals surface area contributed by atoms with Gasteiger partial charge in [-0.3, -0.25) is 4.79 Å². The number of nitrogens with one attached hydrogen (secondary N) is 2. The highest BCUT2D eigenvalue weighted by molar-refractivity contribution is 5.86. The zero-order valence-electron chi connectivity index (χ0n) is 10.2. The Labute approximate surface area is 101 Å². The first-order chi connectivity index (χ1) is 8.12. The SMILES string of the molecule is CC(NC(=O)C1(N)CCCCC1)c1ncc[nH]1. The number of hydrogen-bond donors (Lipinski definition) is 3. The molecule has 1 aliphatic carbocycles. The van der Waals surface area contributed by atoms with E-state index in [0.717, 1.165) is 31.5 Å². The number of rotatable bonds is 3. The average Bonchev–Trinajstić information content (AvgIpc) is 2.83. The summed E-state index contributed by atoms with van der Waals surface area (Å²) in [5, 5.41) is 2.93. The van der Waals surface area contributed by atoms with Crippen molar-refractivity contribution >= 4 is 5.91 Å². The van der Waals surface area contributed by atoms with E-state index in [1.54, 1.807) is 12.4 Å². The summed E-state index contributed by atoms with van der Waals surface area (Å²) < 4.78 is 0. The molecule has 0 bridgehead atoms. The number of hydrogen-bond acceptors (Lipinski definition) is 3. The Balaban J connectivity index is 1.96. The smallest absolute Gasteiger partial charge is 0.240 e.